The highest BCUT2D eigenvalue weighted by Gasteiger charge is 2.27. The Kier molecular flexibility index (Phi) is 5.08. The van der Waals surface area contributed by atoms with Crippen LogP contribution in [0.4, 0.5) is 11.4 Å². The Hall–Kier alpha value is -2.84. The van der Waals surface area contributed by atoms with Crippen LogP contribution in [0, 0.1) is 0 Å². The van der Waals surface area contributed by atoms with Gasteiger partial charge in [0, 0.05) is 19.6 Å². The topological polar surface area (TPSA) is 96.9 Å². The Morgan fingerprint density at radius 1 is 0.963 bits per heavy atom. The molecule has 1 aliphatic heterocycles. The van der Waals surface area contributed by atoms with Gasteiger partial charge in [-0.1, -0.05) is 0 Å². The summed E-state index contributed by atoms with van der Waals surface area (Å²) in [7, 11) is 0. The second-order valence-electron chi connectivity index (χ2n) is 6.40. The van der Waals surface area contributed by atoms with Crippen molar-refractivity contribution in [1.29, 1.82) is 0 Å². The van der Waals surface area contributed by atoms with E-state index in [1.54, 1.807) is 24.7 Å². The second-order valence-corrected chi connectivity index (χ2v) is 6.40. The van der Waals surface area contributed by atoms with E-state index < -0.39 is 10.9 Å². The van der Waals surface area contributed by atoms with E-state index in [1.807, 2.05) is 12.1 Å². The Labute approximate surface area is 155 Å². The van der Waals surface area contributed by atoms with Crippen LogP contribution in [0.15, 0.2) is 55.2 Å². The van der Waals surface area contributed by atoms with Crippen molar-refractivity contribution < 1.29 is 13.6 Å². The minimum absolute atomic E-state index is 0.0498. The van der Waals surface area contributed by atoms with E-state index in [9.17, 15) is 9.59 Å². The molecule has 0 bridgehead atoms. The summed E-state index contributed by atoms with van der Waals surface area (Å²) in [6, 6.07) is 7.29. The van der Waals surface area contributed by atoms with Crippen LogP contribution >= 0.6 is 0 Å². The van der Waals surface area contributed by atoms with Gasteiger partial charge in [0.15, 0.2) is 0 Å². The van der Waals surface area contributed by atoms with E-state index in [4.69, 9.17) is 13.6 Å². The SMILES string of the molecule is O=c1c(NCc2ccco2)c(NC[C@H](c2ccco2)N2CCOCC2)c1=O. The molecule has 0 unspecified atom stereocenters. The average Bonchev–Trinajstić information content (AvgIpc) is 3.41. The molecule has 1 aliphatic rings. The highest BCUT2D eigenvalue weighted by Crippen LogP contribution is 2.24. The van der Waals surface area contributed by atoms with Gasteiger partial charge in [0.2, 0.25) is 0 Å². The lowest BCUT2D eigenvalue weighted by atomic mass is 10.1. The van der Waals surface area contributed by atoms with Gasteiger partial charge in [-0.3, -0.25) is 14.5 Å². The maximum atomic E-state index is 12.0. The maximum Gasteiger partial charge on any atom is 0.253 e. The molecule has 1 saturated heterocycles. The van der Waals surface area contributed by atoms with Crippen LogP contribution in [-0.4, -0.2) is 37.7 Å². The lowest BCUT2D eigenvalue weighted by Crippen LogP contribution is -2.43. The minimum atomic E-state index is -0.509. The van der Waals surface area contributed by atoms with Gasteiger partial charge in [-0.05, 0) is 24.3 Å². The summed E-state index contributed by atoms with van der Waals surface area (Å²) < 4.78 is 16.3. The van der Waals surface area contributed by atoms with E-state index in [0.717, 1.165) is 18.8 Å². The van der Waals surface area contributed by atoms with Crippen LogP contribution < -0.4 is 21.5 Å². The summed E-state index contributed by atoms with van der Waals surface area (Å²) in [4.78, 5) is 26.2. The molecule has 0 spiro atoms. The number of nitrogens with zero attached hydrogens (tertiary/aromatic N) is 1. The van der Waals surface area contributed by atoms with E-state index in [1.165, 1.54) is 0 Å². The molecule has 142 valence electrons. The van der Waals surface area contributed by atoms with Crippen molar-refractivity contribution in [3.8, 4) is 0 Å². The third kappa shape index (κ3) is 3.67. The van der Waals surface area contributed by atoms with Gasteiger partial charge in [-0.2, -0.15) is 0 Å². The van der Waals surface area contributed by atoms with Gasteiger partial charge >= 0.3 is 0 Å². The fraction of sp³-hybridized carbons (Fsp3) is 0.368. The third-order valence-corrected chi connectivity index (χ3v) is 4.76. The number of hydrogen-bond acceptors (Lipinski definition) is 8. The van der Waals surface area contributed by atoms with E-state index in [0.29, 0.717) is 43.4 Å². The number of nitrogens with one attached hydrogen (secondary N) is 2. The number of ether oxygens (including phenoxy) is 1. The highest BCUT2D eigenvalue weighted by atomic mass is 16.5. The van der Waals surface area contributed by atoms with Gasteiger partial charge in [-0.15, -0.1) is 0 Å². The second kappa shape index (κ2) is 7.81. The average molecular weight is 371 g/mol. The number of morpholine rings is 1. The Morgan fingerprint density at radius 3 is 2.33 bits per heavy atom. The van der Waals surface area contributed by atoms with Gasteiger partial charge in [0.25, 0.3) is 10.9 Å². The van der Waals surface area contributed by atoms with Crippen molar-refractivity contribution >= 4 is 11.4 Å². The van der Waals surface area contributed by atoms with Gasteiger partial charge in [-0.25, -0.2) is 0 Å². The molecular weight excluding hydrogens is 350 g/mol. The predicted octanol–water partition coefficient (Wildman–Crippen LogP) is 1.57. The van der Waals surface area contributed by atoms with Crippen molar-refractivity contribution in [2.45, 2.75) is 12.6 Å². The number of furan rings is 2. The smallest absolute Gasteiger partial charge is 0.253 e. The van der Waals surface area contributed by atoms with Crippen LogP contribution in [0.5, 0.6) is 0 Å². The quantitative estimate of drug-likeness (QED) is 0.576. The van der Waals surface area contributed by atoms with Crippen molar-refractivity contribution in [1.82, 2.24) is 4.90 Å². The molecule has 1 atom stereocenters. The first-order chi connectivity index (χ1) is 13.2. The van der Waals surface area contributed by atoms with Crippen LogP contribution in [0.25, 0.3) is 0 Å². The van der Waals surface area contributed by atoms with E-state index in [-0.39, 0.29) is 6.04 Å². The number of rotatable bonds is 8. The zero-order chi connectivity index (χ0) is 18.6. The zero-order valence-electron chi connectivity index (χ0n) is 14.8. The molecular formula is C19H21N3O5. The molecule has 8 heteroatoms. The molecule has 0 amide bonds. The highest BCUT2D eigenvalue weighted by molar-refractivity contribution is 5.74. The summed E-state index contributed by atoms with van der Waals surface area (Å²) in [5.41, 5.74) is -0.393. The lowest BCUT2D eigenvalue weighted by Gasteiger charge is -2.33. The minimum Gasteiger partial charge on any atom is -0.468 e. The molecule has 2 aromatic heterocycles. The summed E-state index contributed by atoms with van der Waals surface area (Å²) in [5, 5.41) is 6.12. The summed E-state index contributed by atoms with van der Waals surface area (Å²) in [6.45, 7) is 3.68. The van der Waals surface area contributed by atoms with Crippen LogP contribution in [0.1, 0.15) is 17.6 Å². The fourth-order valence-electron chi connectivity index (χ4n) is 3.30. The van der Waals surface area contributed by atoms with Crippen molar-refractivity contribution in [2.24, 2.45) is 0 Å². The molecule has 1 fully saturated rings. The first-order valence-electron chi connectivity index (χ1n) is 8.92. The predicted molar refractivity (Wildman–Crippen MR) is 99.7 cm³/mol. The molecule has 8 nitrogen and oxygen atoms in total. The summed E-state index contributed by atoms with van der Waals surface area (Å²) in [6.07, 6.45) is 3.20. The van der Waals surface area contributed by atoms with Crippen molar-refractivity contribution in [3.63, 3.8) is 0 Å². The summed E-state index contributed by atoms with van der Waals surface area (Å²) in [5.74, 6) is 1.50. The molecule has 3 aromatic rings. The first-order valence-corrected chi connectivity index (χ1v) is 8.92. The first kappa shape index (κ1) is 17.6. The van der Waals surface area contributed by atoms with Gasteiger partial charge in [0.05, 0.1) is 38.3 Å². The monoisotopic (exact) mass is 371 g/mol. The number of anilines is 2. The molecule has 0 aliphatic carbocycles. The lowest BCUT2D eigenvalue weighted by molar-refractivity contribution is 0.0144. The van der Waals surface area contributed by atoms with Crippen LogP contribution in [0.2, 0.25) is 0 Å². The van der Waals surface area contributed by atoms with Gasteiger partial charge < -0.3 is 24.2 Å². The fourth-order valence-corrected chi connectivity index (χ4v) is 3.30. The zero-order valence-corrected chi connectivity index (χ0v) is 14.8. The normalized spacial score (nSPS) is 16.4. The standard InChI is InChI=1S/C19H21N3O5/c23-18-16(20-11-13-3-1-7-26-13)17(19(18)24)21-12-14(15-4-2-8-27-15)22-5-9-25-10-6-22/h1-4,7-8,14,20-21H,5-6,9-12H2/t14-/m1/s1. The van der Waals surface area contributed by atoms with Crippen molar-refractivity contribution in [2.75, 3.05) is 43.5 Å². The molecule has 0 saturated carbocycles. The molecule has 1 aromatic carbocycles. The molecule has 4 rings (SSSR count). The number of hydrogen-bond donors (Lipinski definition) is 2. The third-order valence-electron chi connectivity index (χ3n) is 4.76. The van der Waals surface area contributed by atoms with E-state index >= 15 is 0 Å². The largest absolute Gasteiger partial charge is 0.468 e. The van der Waals surface area contributed by atoms with Gasteiger partial charge in [0.1, 0.15) is 22.9 Å². The maximum absolute atomic E-state index is 12.0. The molecule has 27 heavy (non-hydrogen) atoms. The van der Waals surface area contributed by atoms with Crippen molar-refractivity contribution in [3.05, 3.63) is 68.8 Å². The Balaban J connectivity index is 1.45. The Bertz CT molecular complexity index is 920. The Morgan fingerprint density at radius 2 is 1.67 bits per heavy atom. The molecule has 3 heterocycles. The van der Waals surface area contributed by atoms with E-state index in [2.05, 4.69) is 15.5 Å². The van der Waals surface area contributed by atoms with Crippen LogP contribution in [0.3, 0.4) is 0 Å². The molecule has 2 N–H and O–H groups in total. The summed E-state index contributed by atoms with van der Waals surface area (Å²) >= 11 is 0. The van der Waals surface area contributed by atoms with Crippen LogP contribution in [-0.2, 0) is 11.3 Å². The molecule has 0 radical (unpaired) electrons.